The van der Waals surface area contributed by atoms with Crippen molar-refractivity contribution < 1.29 is 17.6 Å². The maximum Gasteiger partial charge on any atom is 0.416 e. The van der Waals surface area contributed by atoms with Gasteiger partial charge in [-0.05, 0) is 35.9 Å². The highest BCUT2D eigenvalue weighted by atomic mass is 19.4. The zero-order chi connectivity index (χ0) is 18.0. The Bertz CT molecular complexity index is 943. The Morgan fingerprint density at radius 2 is 1.84 bits per heavy atom. The van der Waals surface area contributed by atoms with Gasteiger partial charge in [0.25, 0.3) is 0 Å². The smallest absolute Gasteiger partial charge is 0.323 e. The fourth-order valence-corrected chi connectivity index (χ4v) is 2.63. The number of hydrogen-bond donors (Lipinski definition) is 1. The quantitative estimate of drug-likeness (QED) is 0.332. The molecule has 25 heavy (non-hydrogen) atoms. The maximum atomic E-state index is 13.6. The van der Waals surface area contributed by atoms with Crippen LogP contribution < -0.4 is 5.84 Å². The van der Waals surface area contributed by atoms with Gasteiger partial charge in [-0.2, -0.15) is 18.3 Å². The molecule has 0 radical (unpaired) electrons. The molecule has 3 nitrogen and oxygen atoms in total. The number of hydrazone groups is 1. The van der Waals surface area contributed by atoms with Crippen LogP contribution in [-0.4, -0.2) is 10.7 Å². The highest BCUT2D eigenvalue weighted by Gasteiger charge is 2.31. The summed E-state index contributed by atoms with van der Waals surface area (Å²) < 4.78 is 52.4. The highest BCUT2D eigenvalue weighted by Crippen LogP contribution is 2.31. The van der Waals surface area contributed by atoms with Crippen LogP contribution in [0.5, 0.6) is 0 Å². The molecule has 0 spiro atoms. The molecule has 1 aromatic heterocycles. The molecule has 0 atom stereocenters. The second-order valence-corrected chi connectivity index (χ2v) is 5.47. The molecule has 128 valence electrons. The van der Waals surface area contributed by atoms with Gasteiger partial charge in [0.1, 0.15) is 5.82 Å². The van der Waals surface area contributed by atoms with E-state index in [-0.39, 0.29) is 17.7 Å². The molecule has 3 aromatic rings. The van der Waals surface area contributed by atoms with Crippen LogP contribution in [0.2, 0.25) is 0 Å². The van der Waals surface area contributed by atoms with E-state index in [0.717, 1.165) is 28.6 Å². The van der Waals surface area contributed by atoms with Crippen LogP contribution in [0.25, 0.3) is 10.9 Å². The number of alkyl halides is 3. The summed E-state index contributed by atoms with van der Waals surface area (Å²) >= 11 is 0. The van der Waals surface area contributed by atoms with Crippen molar-refractivity contribution in [3.8, 4) is 0 Å². The lowest BCUT2D eigenvalue weighted by molar-refractivity contribution is -0.137. The Labute approximate surface area is 140 Å². The number of nitrogens with zero attached hydrogens (tertiary/aromatic N) is 2. The van der Waals surface area contributed by atoms with Crippen LogP contribution in [0, 0.1) is 5.82 Å². The van der Waals surface area contributed by atoms with Crippen LogP contribution in [0.15, 0.2) is 59.8 Å². The number of aromatic nitrogens is 1. The van der Waals surface area contributed by atoms with Gasteiger partial charge in [0.15, 0.2) is 0 Å². The number of fused-ring (bicyclic) bond motifs is 1. The molecule has 0 amide bonds. The first-order chi connectivity index (χ1) is 11.9. The Hall–Kier alpha value is -2.96. The van der Waals surface area contributed by atoms with E-state index < -0.39 is 17.6 Å². The minimum absolute atomic E-state index is 0.00396. The third kappa shape index (κ3) is 3.60. The molecule has 0 aliphatic heterocycles. The first-order valence-corrected chi connectivity index (χ1v) is 7.36. The van der Waals surface area contributed by atoms with Crippen LogP contribution in [0.4, 0.5) is 17.6 Å². The van der Waals surface area contributed by atoms with Gasteiger partial charge < -0.3 is 5.84 Å². The third-order valence-corrected chi connectivity index (χ3v) is 3.81. The van der Waals surface area contributed by atoms with E-state index in [2.05, 4.69) is 10.1 Å². The Morgan fingerprint density at radius 3 is 2.56 bits per heavy atom. The molecule has 0 aliphatic carbocycles. The molecule has 0 fully saturated rings. The number of rotatable bonds is 3. The molecular formula is C18H13F4N3. The molecule has 1 heterocycles. The van der Waals surface area contributed by atoms with E-state index in [0.29, 0.717) is 6.07 Å². The van der Waals surface area contributed by atoms with Crippen molar-refractivity contribution in [1.82, 2.24) is 4.98 Å². The summed E-state index contributed by atoms with van der Waals surface area (Å²) in [6, 6.07) is 11.3. The molecular weight excluding hydrogens is 334 g/mol. The number of pyridine rings is 1. The van der Waals surface area contributed by atoms with Crippen molar-refractivity contribution in [2.45, 2.75) is 12.6 Å². The maximum absolute atomic E-state index is 13.6. The van der Waals surface area contributed by atoms with Gasteiger partial charge in [-0.3, -0.25) is 4.98 Å². The van der Waals surface area contributed by atoms with Gasteiger partial charge in [0.05, 0.1) is 16.8 Å². The number of benzene rings is 2. The van der Waals surface area contributed by atoms with Crippen LogP contribution in [-0.2, 0) is 12.6 Å². The first-order valence-electron chi connectivity index (χ1n) is 7.36. The van der Waals surface area contributed by atoms with Crippen molar-refractivity contribution >= 4 is 16.6 Å². The zero-order valence-corrected chi connectivity index (χ0v) is 12.9. The lowest BCUT2D eigenvalue weighted by Crippen LogP contribution is -2.12. The molecule has 0 bridgehead atoms. The topological polar surface area (TPSA) is 51.3 Å². The Kier molecular flexibility index (Phi) is 4.39. The van der Waals surface area contributed by atoms with Crippen molar-refractivity contribution in [3.05, 3.63) is 77.2 Å². The SMILES string of the molecule is N/N=C(/Cc1ccnc2ccccc12)c1cc(F)cc(C(F)(F)F)c1. The summed E-state index contributed by atoms with van der Waals surface area (Å²) in [5.74, 6) is 4.38. The monoisotopic (exact) mass is 347 g/mol. The lowest BCUT2D eigenvalue weighted by Gasteiger charge is -2.12. The van der Waals surface area contributed by atoms with Crippen LogP contribution >= 0.6 is 0 Å². The van der Waals surface area contributed by atoms with E-state index in [9.17, 15) is 17.6 Å². The molecule has 0 unspecified atom stereocenters. The van der Waals surface area contributed by atoms with Crippen molar-refractivity contribution in [1.29, 1.82) is 0 Å². The second kappa shape index (κ2) is 6.51. The average molecular weight is 347 g/mol. The number of hydrogen-bond acceptors (Lipinski definition) is 3. The van der Waals surface area contributed by atoms with Gasteiger partial charge in [-0.25, -0.2) is 4.39 Å². The summed E-state index contributed by atoms with van der Waals surface area (Å²) in [6.45, 7) is 0. The van der Waals surface area contributed by atoms with Gasteiger partial charge in [-0.15, -0.1) is 0 Å². The van der Waals surface area contributed by atoms with Gasteiger partial charge >= 0.3 is 6.18 Å². The molecule has 0 aliphatic rings. The first kappa shape index (κ1) is 16.9. The summed E-state index contributed by atoms with van der Waals surface area (Å²) in [7, 11) is 0. The standard InChI is InChI=1S/C18H13F4N3/c19-14-8-12(7-13(10-14)18(20,21)22)17(25-23)9-11-5-6-24-16-4-2-1-3-15(11)16/h1-8,10H,9,23H2/b25-17-. The van der Waals surface area contributed by atoms with E-state index in [1.165, 1.54) is 0 Å². The summed E-state index contributed by atoms with van der Waals surface area (Å²) in [6.07, 6.45) is -2.90. The third-order valence-electron chi connectivity index (χ3n) is 3.81. The summed E-state index contributed by atoms with van der Waals surface area (Å²) in [4.78, 5) is 4.23. The predicted octanol–water partition coefficient (Wildman–Crippen LogP) is 4.30. The zero-order valence-electron chi connectivity index (χ0n) is 12.9. The fourth-order valence-electron chi connectivity index (χ4n) is 2.63. The average Bonchev–Trinajstić information content (AvgIpc) is 2.58. The Balaban J connectivity index is 2.03. The Morgan fingerprint density at radius 1 is 1.08 bits per heavy atom. The highest BCUT2D eigenvalue weighted by molar-refractivity contribution is 6.03. The number of nitrogens with two attached hydrogens (primary N) is 1. The van der Waals surface area contributed by atoms with Gasteiger partial charge in [-0.1, -0.05) is 18.2 Å². The van der Waals surface area contributed by atoms with E-state index in [1.54, 1.807) is 12.3 Å². The second-order valence-electron chi connectivity index (χ2n) is 5.47. The number of para-hydroxylation sites is 1. The van der Waals surface area contributed by atoms with Crippen molar-refractivity contribution in [2.75, 3.05) is 0 Å². The minimum atomic E-state index is -4.65. The fraction of sp³-hybridized carbons (Fsp3) is 0.111. The molecule has 0 saturated carbocycles. The van der Waals surface area contributed by atoms with E-state index >= 15 is 0 Å². The van der Waals surface area contributed by atoms with Crippen molar-refractivity contribution in [3.63, 3.8) is 0 Å². The molecule has 7 heteroatoms. The largest absolute Gasteiger partial charge is 0.416 e. The van der Waals surface area contributed by atoms with E-state index in [4.69, 9.17) is 5.84 Å². The molecule has 0 saturated heterocycles. The van der Waals surface area contributed by atoms with Crippen LogP contribution in [0.1, 0.15) is 16.7 Å². The summed E-state index contributed by atoms with van der Waals surface area (Å²) in [5.41, 5.74) is 0.597. The van der Waals surface area contributed by atoms with Gasteiger partial charge in [0.2, 0.25) is 0 Å². The van der Waals surface area contributed by atoms with E-state index in [1.807, 2.05) is 24.3 Å². The normalized spacial score (nSPS) is 12.6. The predicted molar refractivity (Wildman–Crippen MR) is 87.6 cm³/mol. The summed E-state index contributed by atoms with van der Waals surface area (Å²) in [5, 5.41) is 4.42. The minimum Gasteiger partial charge on any atom is -0.323 e. The molecule has 2 N–H and O–H groups in total. The molecule has 2 aromatic carbocycles. The van der Waals surface area contributed by atoms with Gasteiger partial charge in [0, 0.05) is 23.6 Å². The number of halogens is 4. The van der Waals surface area contributed by atoms with Crippen molar-refractivity contribution in [2.24, 2.45) is 10.9 Å². The molecule has 3 rings (SSSR count). The van der Waals surface area contributed by atoms with Crippen LogP contribution in [0.3, 0.4) is 0 Å². The lowest BCUT2D eigenvalue weighted by atomic mass is 9.98.